The summed E-state index contributed by atoms with van der Waals surface area (Å²) >= 11 is 0. The minimum atomic E-state index is -3.55. The molecule has 0 radical (unpaired) electrons. The lowest BCUT2D eigenvalue weighted by Gasteiger charge is -2.30. The van der Waals surface area contributed by atoms with Gasteiger partial charge in [0.1, 0.15) is 6.61 Å². The van der Waals surface area contributed by atoms with Gasteiger partial charge in [0.05, 0.1) is 11.4 Å². The molecule has 1 unspecified atom stereocenters. The predicted molar refractivity (Wildman–Crippen MR) is 112 cm³/mol. The lowest BCUT2D eigenvalue weighted by atomic mass is 10.0. The van der Waals surface area contributed by atoms with Gasteiger partial charge in [-0.25, -0.2) is 12.8 Å². The summed E-state index contributed by atoms with van der Waals surface area (Å²) in [6.07, 6.45) is 1.89. The van der Waals surface area contributed by atoms with Crippen molar-refractivity contribution < 1.29 is 22.3 Å². The van der Waals surface area contributed by atoms with Crippen molar-refractivity contribution in [2.24, 2.45) is 5.92 Å². The number of hydrogen-bond donors (Lipinski definition) is 0. The van der Waals surface area contributed by atoms with Gasteiger partial charge in [0.25, 0.3) is 5.91 Å². The van der Waals surface area contributed by atoms with Crippen LogP contribution in [0, 0.1) is 11.7 Å². The van der Waals surface area contributed by atoms with Crippen LogP contribution in [0.15, 0.2) is 53.4 Å². The van der Waals surface area contributed by atoms with E-state index >= 15 is 0 Å². The number of halogens is 1. The number of likely N-dealkylation sites (N-methyl/N-ethyl adjacent to an activating group) is 1. The van der Waals surface area contributed by atoms with Crippen molar-refractivity contribution >= 4 is 15.9 Å². The van der Waals surface area contributed by atoms with Crippen LogP contribution in [-0.2, 0) is 10.0 Å². The zero-order valence-electron chi connectivity index (χ0n) is 17.3. The molecule has 1 aliphatic heterocycles. The molecule has 8 heteroatoms. The molecule has 1 fully saturated rings. The second kappa shape index (κ2) is 9.57. The number of hydrogen-bond acceptors (Lipinski definition) is 4. The Morgan fingerprint density at radius 1 is 1.20 bits per heavy atom. The number of rotatable bonds is 7. The fourth-order valence-corrected chi connectivity index (χ4v) is 5.06. The predicted octanol–water partition coefficient (Wildman–Crippen LogP) is 3.40. The van der Waals surface area contributed by atoms with Crippen LogP contribution in [0.4, 0.5) is 4.39 Å². The van der Waals surface area contributed by atoms with Crippen molar-refractivity contribution in [3.63, 3.8) is 0 Å². The molecule has 0 N–H and O–H groups in total. The standard InChI is InChI=1S/C22H27FN2O4S/c1-17-6-5-13-25(16-17)30(27,28)19-11-9-18(10-12-19)22(26)24(2)14-15-29-21-8-4-3-7-20(21)23/h3-4,7-12,17H,5-6,13-16H2,1-2H3. The quantitative estimate of drug-likeness (QED) is 0.670. The van der Waals surface area contributed by atoms with Crippen molar-refractivity contribution in [3.8, 4) is 5.75 Å². The molecule has 2 aromatic carbocycles. The van der Waals surface area contributed by atoms with Crippen LogP contribution in [0.25, 0.3) is 0 Å². The highest BCUT2D eigenvalue weighted by Gasteiger charge is 2.28. The third-order valence-electron chi connectivity index (χ3n) is 5.23. The van der Waals surface area contributed by atoms with E-state index in [2.05, 4.69) is 6.92 Å². The van der Waals surface area contributed by atoms with E-state index in [9.17, 15) is 17.6 Å². The van der Waals surface area contributed by atoms with Gasteiger partial charge in [-0.1, -0.05) is 19.1 Å². The summed E-state index contributed by atoms with van der Waals surface area (Å²) in [5, 5.41) is 0. The highest BCUT2D eigenvalue weighted by atomic mass is 32.2. The summed E-state index contributed by atoms with van der Waals surface area (Å²) in [4.78, 5) is 14.2. The molecule has 1 atom stereocenters. The summed E-state index contributed by atoms with van der Waals surface area (Å²) < 4.78 is 46.1. The van der Waals surface area contributed by atoms with E-state index in [1.807, 2.05) is 0 Å². The zero-order valence-corrected chi connectivity index (χ0v) is 18.1. The Balaban J connectivity index is 1.59. The van der Waals surface area contributed by atoms with Crippen LogP contribution in [0.3, 0.4) is 0 Å². The molecule has 6 nitrogen and oxygen atoms in total. The van der Waals surface area contributed by atoms with E-state index in [0.717, 1.165) is 12.8 Å². The van der Waals surface area contributed by atoms with Crippen LogP contribution in [0.1, 0.15) is 30.1 Å². The van der Waals surface area contributed by atoms with Gasteiger partial charge in [-0.2, -0.15) is 4.31 Å². The SMILES string of the molecule is CC1CCCN(S(=O)(=O)c2ccc(C(=O)N(C)CCOc3ccccc3F)cc2)C1. The molecule has 1 saturated heterocycles. The van der Waals surface area contributed by atoms with Crippen LogP contribution in [0.2, 0.25) is 0 Å². The van der Waals surface area contributed by atoms with Gasteiger partial charge in [0, 0.05) is 25.7 Å². The Bertz CT molecular complexity index is 979. The normalized spacial score (nSPS) is 17.5. The number of carbonyl (C=O) groups is 1. The number of amides is 1. The third-order valence-corrected chi connectivity index (χ3v) is 7.11. The number of carbonyl (C=O) groups excluding carboxylic acids is 1. The van der Waals surface area contributed by atoms with Crippen molar-refractivity contribution in [2.75, 3.05) is 33.3 Å². The number of sulfonamides is 1. The molecule has 2 aromatic rings. The Kier molecular flexibility index (Phi) is 7.10. The van der Waals surface area contributed by atoms with Gasteiger partial charge in [-0.05, 0) is 55.2 Å². The molecule has 1 aliphatic rings. The van der Waals surface area contributed by atoms with E-state index < -0.39 is 15.8 Å². The average molecular weight is 435 g/mol. The van der Waals surface area contributed by atoms with E-state index in [0.29, 0.717) is 24.6 Å². The summed E-state index contributed by atoms with van der Waals surface area (Å²) in [5.74, 6) is -0.233. The first kappa shape index (κ1) is 22.2. The highest BCUT2D eigenvalue weighted by molar-refractivity contribution is 7.89. The summed E-state index contributed by atoms with van der Waals surface area (Å²) in [5.41, 5.74) is 0.384. The first-order chi connectivity index (χ1) is 14.3. The maximum absolute atomic E-state index is 13.6. The van der Waals surface area contributed by atoms with Crippen molar-refractivity contribution in [1.82, 2.24) is 9.21 Å². The lowest BCUT2D eigenvalue weighted by molar-refractivity contribution is 0.0773. The van der Waals surface area contributed by atoms with Gasteiger partial charge in [0.15, 0.2) is 11.6 Å². The molecule has 30 heavy (non-hydrogen) atoms. The molecule has 0 saturated carbocycles. The number of piperidine rings is 1. The maximum Gasteiger partial charge on any atom is 0.253 e. The number of nitrogens with zero attached hydrogens (tertiary/aromatic N) is 2. The Morgan fingerprint density at radius 2 is 1.90 bits per heavy atom. The highest BCUT2D eigenvalue weighted by Crippen LogP contribution is 2.24. The Hall–Kier alpha value is -2.45. The molecule has 1 amide bonds. The molecular weight excluding hydrogens is 407 g/mol. The third kappa shape index (κ3) is 5.17. The number of benzene rings is 2. The molecule has 0 aliphatic carbocycles. The van der Waals surface area contributed by atoms with Gasteiger partial charge in [-0.3, -0.25) is 4.79 Å². The first-order valence-electron chi connectivity index (χ1n) is 10.0. The summed E-state index contributed by atoms with van der Waals surface area (Å²) in [7, 11) is -1.94. The fourth-order valence-electron chi connectivity index (χ4n) is 3.46. The second-order valence-corrected chi connectivity index (χ2v) is 9.58. The van der Waals surface area contributed by atoms with Crippen LogP contribution < -0.4 is 4.74 Å². The average Bonchev–Trinajstić information content (AvgIpc) is 2.74. The Labute approximate surface area is 177 Å². The molecule has 0 spiro atoms. The molecule has 0 bridgehead atoms. The molecule has 1 heterocycles. The zero-order chi connectivity index (χ0) is 21.7. The first-order valence-corrected chi connectivity index (χ1v) is 11.5. The van der Waals surface area contributed by atoms with Gasteiger partial charge >= 0.3 is 0 Å². The van der Waals surface area contributed by atoms with Crippen molar-refractivity contribution in [1.29, 1.82) is 0 Å². The number of para-hydroxylation sites is 1. The van der Waals surface area contributed by atoms with E-state index in [-0.39, 0.29) is 29.7 Å². The topological polar surface area (TPSA) is 66.9 Å². The Morgan fingerprint density at radius 3 is 2.57 bits per heavy atom. The molecule has 3 rings (SSSR count). The maximum atomic E-state index is 13.6. The van der Waals surface area contributed by atoms with Crippen LogP contribution in [0.5, 0.6) is 5.75 Å². The van der Waals surface area contributed by atoms with Crippen LogP contribution in [-0.4, -0.2) is 56.8 Å². The smallest absolute Gasteiger partial charge is 0.253 e. The molecular formula is C22H27FN2O4S. The van der Waals surface area contributed by atoms with Gasteiger partial charge in [0.2, 0.25) is 10.0 Å². The van der Waals surface area contributed by atoms with E-state index in [1.165, 1.54) is 45.6 Å². The summed E-state index contributed by atoms with van der Waals surface area (Å²) in [6.45, 7) is 3.50. The number of ether oxygens (including phenoxy) is 1. The van der Waals surface area contributed by atoms with E-state index in [4.69, 9.17) is 4.74 Å². The van der Waals surface area contributed by atoms with Gasteiger partial charge in [-0.15, -0.1) is 0 Å². The van der Waals surface area contributed by atoms with Gasteiger partial charge < -0.3 is 9.64 Å². The molecule has 0 aromatic heterocycles. The summed E-state index contributed by atoms with van der Waals surface area (Å²) in [6, 6.07) is 12.1. The van der Waals surface area contributed by atoms with Crippen molar-refractivity contribution in [2.45, 2.75) is 24.7 Å². The minimum absolute atomic E-state index is 0.139. The second-order valence-electron chi connectivity index (χ2n) is 7.64. The lowest BCUT2D eigenvalue weighted by Crippen LogP contribution is -2.39. The largest absolute Gasteiger partial charge is 0.489 e. The van der Waals surface area contributed by atoms with E-state index in [1.54, 1.807) is 19.2 Å². The molecule has 162 valence electrons. The van der Waals surface area contributed by atoms with Crippen molar-refractivity contribution in [3.05, 3.63) is 59.9 Å². The monoisotopic (exact) mass is 434 g/mol. The fraction of sp³-hybridized carbons (Fsp3) is 0.409. The minimum Gasteiger partial charge on any atom is -0.489 e. The van der Waals surface area contributed by atoms with Crippen LogP contribution >= 0.6 is 0 Å².